The van der Waals surface area contributed by atoms with Crippen LogP contribution in [0.3, 0.4) is 0 Å². The van der Waals surface area contributed by atoms with Crippen LogP contribution < -0.4 is 5.32 Å². The van der Waals surface area contributed by atoms with Gasteiger partial charge in [0.25, 0.3) is 0 Å². The predicted molar refractivity (Wildman–Crippen MR) is 103 cm³/mol. The molecule has 2 aromatic rings. The fourth-order valence-electron chi connectivity index (χ4n) is 3.35. The Balaban J connectivity index is 1.69. The molecular weight excluding hydrogens is 339 g/mol. The van der Waals surface area contributed by atoms with Gasteiger partial charge in [-0.1, -0.05) is 59.6 Å². The van der Waals surface area contributed by atoms with E-state index in [2.05, 4.69) is 46.6 Å². The summed E-state index contributed by atoms with van der Waals surface area (Å²) in [6.45, 7) is 4.20. The average molecular weight is 363 g/mol. The lowest BCUT2D eigenvalue weighted by Gasteiger charge is -2.35. The molecule has 0 bridgehead atoms. The normalized spacial score (nSPS) is 15.8. The fourth-order valence-corrected chi connectivity index (χ4v) is 3.67. The van der Waals surface area contributed by atoms with Crippen LogP contribution in [0.25, 0.3) is 0 Å². The lowest BCUT2D eigenvalue weighted by Crippen LogP contribution is -2.43. The summed E-state index contributed by atoms with van der Waals surface area (Å²) < 4.78 is 0. The number of nitrogens with one attached hydrogen (secondary N) is 1. The van der Waals surface area contributed by atoms with Crippen LogP contribution >= 0.6 is 23.2 Å². The summed E-state index contributed by atoms with van der Waals surface area (Å²) in [5.41, 5.74) is 2.63. The van der Waals surface area contributed by atoms with Crippen LogP contribution in [0.15, 0.2) is 48.5 Å². The first-order valence-corrected chi connectivity index (χ1v) is 9.40. The number of piperidine rings is 1. The van der Waals surface area contributed by atoms with Gasteiger partial charge < -0.3 is 5.32 Å². The van der Waals surface area contributed by atoms with E-state index in [4.69, 9.17) is 23.2 Å². The highest BCUT2D eigenvalue weighted by Gasteiger charge is 2.21. The number of rotatable bonds is 6. The molecule has 1 saturated heterocycles. The van der Waals surface area contributed by atoms with Gasteiger partial charge in [-0.2, -0.15) is 0 Å². The lowest BCUT2D eigenvalue weighted by molar-refractivity contribution is 0.155. The second-order valence-corrected chi connectivity index (χ2v) is 7.25. The van der Waals surface area contributed by atoms with Crippen molar-refractivity contribution in [3.8, 4) is 0 Å². The Morgan fingerprint density at radius 2 is 1.67 bits per heavy atom. The first-order chi connectivity index (χ1) is 11.7. The second kappa shape index (κ2) is 8.87. The van der Waals surface area contributed by atoms with Gasteiger partial charge in [-0.15, -0.1) is 0 Å². The van der Waals surface area contributed by atoms with Crippen molar-refractivity contribution >= 4 is 23.2 Å². The van der Waals surface area contributed by atoms with Gasteiger partial charge in [0.1, 0.15) is 0 Å². The first-order valence-electron chi connectivity index (χ1n) is 8.65. The van der Waals surface area contributed by atoms with Gasteiger partial charge >= 0.3 is 0 Å². The third kappa shape index (κ3) is 4.97. The molecule has 24 heavy (non-hydrogen) atoms. The van der Waals surface area contributed by atoms with Crippen LogP contribution in [0, 0.1) is 0 Å². The summed E-state index contributed by atoms with van der Waals surface area (Å²) in [5, 5.41) is 4.72. The van der Waals surface area contributed by atoms with Crippen LogP contribution in [0.1, 0.15) is 24.0 Å². The molecule has 1 heterocycles. The molecule has 0 atom stereocenters. The summed E-state index contributed by atoms with van der Waals surface area (Å²) in [7, 11) is 0. The van der Waals surface area contributed by atoms with Crippen molar-refractivity contribution in [2.75, 3.05) is 19.6 Å². The van der Waals surface area contributed by atoms with Crippen LogP contribution in [0.4, 0.5) is 0 Å². The summed E-state index contributed by atoms with van der Waals surface area (Å²) in [5.74, 6) is 0. The van der Waals surface area contributed by atoms with Gasteiger partial charge in [-0.3, -0.25) is 4.90 Å². The molecule has 128 valence electrons. The van der Waals surface area contributed by atoms with Gasteiger partial charge in [-0.05, 0) is 55.6 Å². The number of benzene rings is 2. The van der Waals surface area contributed by atoms with Crippen molar-refractivity contribution < 1.29 is 0 Å². The summed E-state index contributed by atoms with van der Waals surface area (Å²) >= 11 is 12.2. The van der Waals surface area contributed by atoms with Crippen molar-refractivity contribution in [3.63, 3.8) is 0 Å². The molecule has 0 radical (unpaired) electrons. The molecule has 2 nitrogen and oxygen atoms in total. The Kier molecular flexibility index (Phi) is 6.56. The van der Waals surface area contributed by atoms with E-state index in [1.807, 2.05) is 12.1 Å². The van der Waals surface area contributed by atoms with E-state index >= 15 is 0 Å². The van der Waals surface area contributed by atoms with Gasteiger partial charge in [0.2, 0.25) is 0 Å². The smallest absolute Gasteiger partial charge is 0.0595 e. The molecule has 0 aromatic heterocycles. The number of hydrogen-bond acceptors (Lipinski definition) is 2. The van der Waals surface area contributed by atoms with E-state index < -0.39 is 0 Å². The third-order valence-electron chi connectivity index (χ3n) is 4.73. The molecule has 3 rings (SSSR count). The van der Waals surface area contributed by atoms with Crippen molar-refractivity contribution in [3.05, 3.63) is 69.7 Å². The summed E-state index contributed by atoms with van der Waals surface area (Å²) in [6, 6.07) is 17.3. The highest BCUT2D eigenvalue weighted by atomic mass is 35.5. The van der Waals surface area contributed by atoms with Gasteiger partial charge in [0, 0.05) is 19.1 Å². The summed E-state index contributed by atoms with van der Waals surface area (Å²) in [6.07, 6.45) is 3.48. The van der Waals surface area contributed by atoms with Crippen molar-refractivity contribution in [2.24, 2.45) is 0 Å². The maximum Gasteiger partial charge on any atom is 0.0595 e. The minimum atomic E-state index is 0.623. The van der Waals surface area contributed by atoms with Crippen LogP contribution in [-0.2, 0) is 13.0 Å². The van der Waals surface area contributed by atoms with Crippen molar-refractivity contribution in [1.82, 2.24) is 10.2 Å². The number of nitrogens with zero attached hydrogens (tertiary/aromatic N) is 1. The highest BCUT2D eigenvalue weighted by molar-refractivity contribution is 6.42. The molecule has 0 amide bonds. The third-order valence-corrected chi connectivity index (χ3v) is 5.46. The largest absolute Gasteiger partial charge is 0.317 e. The lowest BCUT2D eigenvalue weighted by atomic mass is 10.0. The zero-order valence-corrected chi connectivity index (χ0v) is 15.4. The first kappa shape index (κ1) is 17.8. The van der Waals surface area contributed by atoms with Crippen molar-refractivity contribution in [2.45, 2.75) is 31.8 Å². The van der Waals surface area contributed by atoms with Gasteiger partial charge in [0.05, 0.1) is 10.0 Å². The van der Waals surface area contributed by atoms with Crippen LogP contribution in [-0.4, -0.2) is 30.6 Å². The molecule has 0 spiro atoms. The Morgan fingerprint density at radius 1 is 0.917 bits per heavy atom. The van der Waals surface area contributed by atoms with Crippen molar-refractivity contribution in [1.29, 1.82) is 0 Å². The van der Waals surface area contributed by atoms with E-state index in [0.717, 1.165) is 32.6 Å². The van der Waals surface area contributed by atoms with E-state index in [0.29, 0.717) is 16.1 Å². The summed E-state index contributed by atoms with van der Waals surface area (Å²) in [4.78, 5) is 2.60. The average Bonchev–Trinajstić information content (AvgIpc) is 2.63. The molecule has 1 N–H and O–H groups in total. The zero-order valence-electron chi connectivity index (χ0n) is 13.8. The standard InChI is InChI=1S/C20H24Cl2N2/c21-19-7-6-17(14-20(19)22)15-24(18-8-11-23-12-9-18)13-10-16-4-2-1-3-5-16/h1-7,14,18,23H,8-13,15H2. The molecular formula is C20H24Cl2N2. The number of halogens is 2. The molecule has 0 unspecified atom stereocenters. The minimum absolute atomic E-state index is 0.623. The molecule has 0 aliphatic carbocycles. The Labute approximate surface area is 154 Å². The SMILES string of the molecule is Clc1ccc(CN(CCc2ccccc2)C2CCNCC2)cc1Cl. The monoisotopic (exact) mass is 362 g/mol. The molecule has 4 heteroatoms. The quantitative estimate of drug-likeness (QED) is 0.794. The molecule has 1 aliphatic heterocycles. The molecule has 0 saturated carbocycles. The maximum atomic E-state index is 6.20. The Hall–Kier alpha value is -1.06. The Morgan fingerprint density at radius 3 is 2.38 bits per heavy atom. The van der Waals surface area contributed by atoms with Crippen LogP contribution in [0.5, 0.6) is 0 Å². The Bertz CT molecular complexity index is 639. The van der Waals surface area contributed by atoms with Gasteiger partial charge in [-0.25, -0.2) is 0 Å². The maximum absolute atomic E-state index is 6.20. The second-order valence-electron chi connectivity index (χ2n) is 6.44. The predicted octanol–water partition coefficient (Wildman–Crippen LogP) is 4.79. The number of hydrogen-bond donors (Lipinski definition) is 1. The molecule has 1 aliphatic rings. The zero-order chi connectivity index (χ0) is 16.8. The molecule has 1 fully saturated rings. The van der Waals surface area contributed by atoms with E-state index in [1.54, 1.807) is 0 Å². The fraction of sp³-hybridized carbons (Fsp3) is 0.400. The highest BCUT2D eigenvalue weighted by Crippen LogP contribution is 2.24. The van der Waals surface area contributed by atoms with Gasteiger partial charge in [0.15, 0.2) is 0 Å². The molecule has 2 aromatic carbocycles. The van der Waals surface area contributed by atoms with E-state index in [1.165, 1.54) is 24.0 Å². The minimum Gasteiger partial charge on any atom is -0.317 e. The van der Waals surface area contributed by atoms with E-state index in [-0.39, 0.29) is 0 Å². The van der Waals surface area contributed by atoms with Crippen LogP contribution in [0.2, 0.25) is 10.0 Å². The topological polar surface area (TPSA) is 15.3 Å². The van der Waals surface area contributed by atoms with E-state index in [9.17, 15) is 0 Å².